The van der Waals surface area contributed by atoms with Crippen molar-refractivity contribution in [2.45, 2.75) is 45.4 Å². The van der Waals surface area contributed by atoms with Crippen LogP contribution in [0.5, 0.6) is 0 Å². The highest BCUT2D eigenvalue weighted by molar-refractivity contribution is 5.63. The van der Waals surface area contributed by atoms with E-state index in [1.54, 1.807) is 12.1 Å². The van der Waals surface area contributed by atoms with E-state index in [1.165, 1.54) is 37.3 Å². The first kappa shape index (κ1) is 19.3. The predicted octanol–water partition coefficient (Wildman–Crippen LogP) is 4.08. The third-order valence-corrected chi connectivity index (χ3v) is 5.12. The van der Waals surface area contributed by atoms with Gasteiger partial charge in [-0.15, -0.1) is 0 Å². The van der Waals surface area contributed by atoms with E-state index in [1.807, 2.05) is 12.1 Å². The smallest absolute Gasteiger partial charge is 0.292 e. The minimum Gasteiger partial charge on any atom is -0.392 e. The Kier molecular flexibility index (Phi) is 6.79. The number of nitro groups is 1. The summed E-state index contributed by atoms with van der Waals surface area (Å²) < 4.78 is 0. The maximum absolute atomic E-state index is 11.3. The lowest BCUT2D eigenvalue weighted by atomic mass is 10.1. The lowest BCUT2D eigenvalue weighted by molar-refractivity contribution is -0.384. The van der Waals surface area contributed by atoms with E-state index >= 15 is 0 Å². The highest BCUT2D eigenvalue weighted by Crippen LogP contribution is 2.27. The van der Waals surface area contributed by atoms with Crippen molar-refractivity contribution in [3.05, 3.63) is 69.3 Å². The second kappa shape index (κ2) is 9.48. The summed E-state index contributed by atoms with van der Waals surface area (Å²) >= 11 is 0. The molecule has 1 aliphatic rings. The van der Waals surface area contributed by atoms with Crippen molar-refractivity contribution >= 4 is 11.4 Å². The molecule has 0 aromatic heterocycles. The number of aliphatic hydroxyl groups is 1. The standard InChI is InChI=1S/C21H27N3O3/c25-16-17-9-10-21(24(26)27)20(13-17)22-14-18-7-3-4-8-19(18)15-23-11-5-1-2-6-12-23/h3-4,7-10,13,22,25H,1-2,5-6,11-12,14-16H2. The van der Waals surface area contributed by atoms with Crippen LogP contribution in [0.1, 0.15) is 42.4 Å². The molecule has 1 fully saturated rings. The number of benzene rings is 2. The number of aliphatic hydroxyl groups excluding tert-OH is 1. The monoisotopic (exact) mass is 369 g/mol. The molecule has 0 spiro atoms. The fourth-order valence-electron chi connectivity index (χ4n) is 3.59. The molecule has 2 N–H and O–H groups in total. The summed E-state index contributed by atoms with van der Waals surface area (Å²) in [6.07, 6.45) is 5.12. The third kappa shape index (κ3) is 5.28. The molecule has 0 bridgehead atoms. The molecular weight excluding hydrogens is 342 g/mol. The summed E-state index contributed by atoms with van der Waals surface area (Å²) in [6, 6.07) is 12.9. The first-order valence-electron chi connectivity index (χ1n) is 9.58. The molecule has 0 unspecified atom stereocenters. The molecule has 27 heavy (non-hydrogen) atoms. The van der Waals surface area contributed by atoms with Gasteiger partial charge in [0.15, 0.2) is 0 Å². The molecule has 6 nitrogen and oxygen atoms in total. The Morgan fingerprint density at radius 1 is 1.04 bits per heavy atom. The first-order valence-corrected chi connectivity index (χ1v) is 9.58. The molecule has 0 radical (unpaired) electrons. The zero-order valence-electron chi connectivity index (χ0n) is 15.6. The van der Waals surface area contributed by atoms with Crippen molar-refractivity contribution in [3.8, 4) is 0 Å². The predicted molar refractivity (Wildman–Crippen MR) is 107 cm³/mol. The zero-order valence-corrected chi connectivity index (χ0v) is 15.6. The van der Waals surface area contributed by atoms with E-state index in [4.69, 9.17) is 0 Å². The van der Waals surface area contributed by atoms with Crippen molar-refractivity contribution in [2.24, 2.45) is 0 Å². The van der Waals surface area contributed by atoms with Crippen LogP contribution in [0.4, 0.5) is 11.4 Å². The van der Waals surface area contributed by atoms with Crippen molar-refractivity contribution in [1.29, 1.82) is 0 Å². The summed E-state index contributed by atoms with van der Waals surface area (Å²) in [5.41, 5.74) is 3.52. The van der Waals surface area contributed by atoms with Gasteiger partial charge in [0.1, 0.15) is 5.69 Å². The molecule has 1 saturated heterocycles. The van der Waals surface area contributed by atoms with Crippen LogP contribution in [-0.4, -0.2) is 28.0 Å². The maximum atomic E-state index is 11.3. The van der Waals surface area contributed by atoms with Gasteiger partial charge in [0.05, 0.1) is 11.5 Å². The lowest BCUT2D eigenvalue weighted by Gasteiger charge is -2.22. The van der Waals surface area contributed by atoms with E-state index < -0.39 is 4.92 Å². The van der Waals surface area contributed by atoms with Gasteiger partial charge < -0.3 is 10.4 Å². The molecular formula is C21H27N3O3. The minimum atomic E-state index is -0.396. The van der Waals surface area contributed by atoms with E-state index in [-0.39, 0.29) is 12.3 Å². The molecule has 2 aromatic rings. The summed E-state index contributed by atoms with van der Waals surface area (Å²) in [5, 5.41) is 23.8. The van der Waals surface area contributed by atoms with Crippen LogP contribution in [-0.2, 0) is 19.7 Å². The summed E-state index contributed by atoms with van der Waals surface area (Å²) in [7, 11) is 0. The van der Waals surface area contributed by atoms with Gasteiger partial charge in [-0.05, 0) is 54.8 Å². The number of nitrogens with one attached hydrogen (secondary N) is 1. The highest BCUT2D eigenvalue weighted by Gasteiger charge is 2.15. The van der Waals surface area contributed by atoms with Gasteiger partial charge in [-0.2, -0.15) is 0 Å². The van der Waals surface area contributed by atoms with Crippen molar-refractivity contribution in [3.63, 3.8) is 0 Å². The van der Waals surface area contributed by atoms with Crippen LogP contribution in [0.25, 0.3) is 0 Å². The van der Waals surface area contributed by atoms with Crippen molar-refractivity contribution in [1.82, 2.24) is 4.90 Å². The molecule has 0 aliphatic carbocycles. The fourth-order valence-corrected chi connectivity index (χ4v) is 3.59. The Labute approximate surface area is 160 Å². The fraction of sp³-hybridized carbons (Fsp3) is 0.429. The van der Waals surface area contributed by atoms with Gasteiger partial charge in [0.2, 0.25) is 0 Å². The summed E-state index contributed by atoms with van der Waals surface area (Å²) in [5.74, 6) is 0. The van der Waals surface area contributed by atoms with Crippen LogP contribution in [0.3, 0.4) is 0 Å². The molecule has 0 saturated carbocycles. The second-order valence-electron chi connectivity index (χ2n) is 7.08. The van der Waals surface area contributed by atoms with E-state index in [9.17, 15) is 15.2 Å². The van der Waals surface area contributed by atoms with Crippen LogP contribution in [0.15, 0.2) is 42.5 Å². The number of rotatable bonds is 7. The second-order valence-corrected chi connectivity index (χ2v) is 7.08. The summed E-state index contributed by atoms with van der Waals surface area (Å²) in [6.45, 7) is 3.55. The number of hydrogen-bond donors (Lipinski definition) is 2. The number of nitrogens with zero attached hydrogens (tertiary/aromatic N) is 2. The third-order valence-electron chi connectivity index (χ3n) is 5.12. The zero-order chi connectivity index (χ0) is 19.1. The van der Waals surface area contributed by atoms with E-state index in [0.717, 1.165) is 25.2 Å². The van der Waals surface area contributed by atoms with Crippen molar-refractivity contribution < 1.29 is 10.0 Å². The van der Waals surface area contributed by atoms with Crippen LogP contribution in [0.2, 0.25) is 0 Å². The average molecular weight is 369 g/mol. The molecule has 0 atom stereocenters. The van der Waals surface area contributed by atoms with Gasteiger partial charge in [0.25, 0.3) is 5.69 Å². The molecule has 1 heterocycles. The minimum absolute atomic E-state index is 0.0252. The Morgan fingerprint density at radius 2 is 1.74 bits per heavy atom. The van der Waals surface area contributed by atoms with Crippen molar-refractivity contribution in [2.75, 3.05) is 18.4 Å². The molecule has 3 rings (SSSR count). The number of hydrogen-bond acceptors (Lipinski definition) is 5. The molecule has 0 amide bonds. The Hall–Kier alpha value is -2.44. The molecule has 6 heteroatoms. The Morgan fingerprint density at radius 3 is 2.41 bits per heavy atom. The lowest BCUT2D eigenvalue weighted by Crippen LogP contribution is -2.24. The van der Waals surface area contributed by atoms with Gasteiger partial charge in [-0.25, -0.2) is 0 Å². The normalized spacial score (nSPS) is 15.3. The Balaban J connectivity index is 1.74. The van der Waals surface area contributed by atoms with Crippen LogP contribution in [0, 0.1) is 10.1 Å². The highest BCUT2D eigenvalue weighted by atomic mass is 16.6. The molecule has 144 valence electrons. The van der Waals surface area contributed by atoms with E-state index in [2.05, 4.69) is 22.3 Å². The van der Waals surface area contributed by atoms with Crippen LogP contribution < -0.4 is 5.32 Å². The molecule has 1 aliphatic heterocycles. The van der Waals surface area contributed by atoms with E-state index in [0.29, 0.717) is 17.8 Å². The maximum Gasteiger partial charge on any atom is 0.292 e. The Bertz CT molecular complexity index is 771. The number of anilines is 1. The van der Waals surface area contributed by atoms with Crippen LogP contribution >= 0.6 is 0 Å². The summed E-state index contributed by atoms with van der Waals surface area (Å²) in [4.78, 5) is 13.4. The van der Waals surface area contributed by atoms with Gasteiger partial charge >= 0.3 is 0 Å². The van der Waals surface area contributed by atoms with Gasteiger partial charge in [-0.3, -0.25) is 15.0 Å². The van der Waals surface area contributed by atoms with Gasteiger partial charge in [0, 0.05) is 19.2 Å². The first-order chi connectivity index (χ1) is 13.2. The average Bonchev–Trinajstić information content (AvgIpc) is 2.95. The number of nitro benzene ring substituents is 1. The quantitative estimate of drug-likeness (QED) is 0.568. The number of likely N-dealkylation sites (tertiary alicyclic amines) is 1. The SMILES string of the molecule is O=[N+]([O-])c1ccc(CO)cc1NCc1ccccc1CN1CCCCCC1. The largest absolute Gasteiger partial charge is 0.392 e. The van der Waals surface area contributed by atoms with Gasteiger partial charge in [-0.1, -0.05) is 37.1 Å². The molecule has 2 aromatic carbocycles. The topological polar surface area (TPSA) is 78.6 Å².